The number of nitrogens with zero attached hydrogens (tertiary/aromatic N) is 4. The van der Waals surface area contributed by atoms with Crippen molar-refractivity contribution < 1.29 is 4.79 Å². The van der Waals surface area contributed by atoms with Gasteiger partial charge in [0.1, 0.15) is 5.69 Å². The van der Waals surface area contributed by atoms with Crippen LogP contribution in [0, 0.1) is 0 Å². The predicted molar refractivity (Wildman–Crippen MR) is 76.6 cm³/mol. The largest absolute Gasteiger partial charge is 0.292 e. The summed E-state index contributed by atoms with van der Waals surface area (Å²) < 4.78 is 3.56. The summed E-state index contributed by atoms with van der Waals surface area (Å²) in [7, 11) is 1.80. The summed E-state index contributed by atoms with van der Waals surface area (Å²) in [4.78, 5) is 12.2. The summed E-state index contributed by atoms with van der Waals surface area (Å²) in [6.07, 6.45) is 2.06. The molecule has 0 N–H and O–H groups in total. The molecular weight excluding hydrogens is 252 g/mol. The lowest BCUT2D eigenvalue weighted by Crippen LogP contribution is -2.07. The van der Waals surface area contributed by atoms with Crippen LogP contribution in [0.2, 0.25) is 0 Å². The van der Waals surface area contributed by atoms with Crippen LogP contribution in [0.25, 0.3) is 10.9 Å². The third-order valence-electron chi connectivity index (χ3n) is 3.36. The monoisotopic (exact) mass is 268 g/mol. The molecule has 0 bridgehead atoms. The fraction of sp³-hybridized carbons (Fsp3) is 0.267. The Hall–Kier alpha value is -2.43. The van der Waals surface area contributed by atoms with Crippen molar-refractivity contribution in [1.29, 1.82) is 0 Å². The maximum atomic E-state index is 12.2. The molecule has 5 nitrogen and oxygen atoms in total. The van der Waals surface area contributed by atoms with Crippen LogP contribution in [0.1, 0.15) is 23.1 Å². The van der Waals surface area contributed by atoms with Gasteiger partial charge in [0.2, 0.25) is 0 Å². The van der Waals surface area contributed by atoms with Crippen LogP contribution in [0.15, 0.2) is 36.5 Å². The molecule has 2 aromatic heterocycles. The van der Waals surface area contributed by atoms with Crippen molar-refractivity contribution in [2.75, 3.05) is 0 Å². The zero-order valence-electron chi connectivity index (χ0n) is 11.6. The molecule has 102 valence electrons. The Kier molecular flexibility index (Phi) is 3.10. The van der Waals surface area contributed by atoms with E-state index in [1.54, 1.807) is 24.0 Å². The van der Waals surface area contributed by atoms with Crippen LogP contribution in [-0.4, -0.2) is 25.3 Å². The van der Waals surface area contributed by atoms with E-state index in [1.165, 1.54) is 0 Å². The molecule has 0 amide bonds. The van der Waals surface area contributed by atoms with Crippen molar-refractivity contribution in [3.05, 3.63) is 47.9 Å². The van der Waals surface area contributed by atoms with Gasteiger partial charge in [0.15, 0.2) is 5.78 Å². The van der Waals surface area contributed by atoms with Crippen molar-refractivity contribution in [3.8, 4) is 0 Å². The van der Waals surface area contributed by atoms with Gasteiger partial charge in [-0.15, -0.1) is 0 Å². The third kappa shape index (κ3) is 2.11. The molecule has 5 heteroatoms. The highest BCUT2D eigenvalue weighted by Gasteiger charge is 2.15. The number of Topliss-reactive ketones (excluding diaryl/α,β-unsaturated/α-hetero) is 1. The second-order valence-electron chi connectivity index (χ2n) is 4.75. The van der Waals surface area contributed by atoms with E-state index in [-0.39, 0.29) is 12.2 Å². The Labute approximate surface area is 116 Å². The number of ketones is 1. The molecule has 20 heavy (non-hydrogen) atoms. The van der Waals surface area contributed by atoms with Crippen LogP contribution in [0.5, 0.6) is 0 Å². The summed E-state index contributed by atoms with van der Waals surface area (Å²) in [6, 6.07) is 9.73. The highest BCUT2D eigenvalue weighted by Crippen LogP contribution is 2.19. The first-order valence-corrected chi connectivity index (χ1v) is 6.66. The number of para-hydroxylation sites is 1. The number of hydrogen-bond acceptors (Lipinski definition) is 3. The second-order valence-corrected chi connectivity index (χ2v) is 4.75. The number of fused-ring (bicyclic) bond motifs is 1. The molecule has 0 fully saturated rings. The summed E-state index contributed by atoms with van der Waals surface area (Å²) in [6.45, 7) is 2.84. The lowest BCUT2D eigenvalue weighted by atomic mass is 10.1. The first kappa shape index (κ1) is 12.6. The molecule has 2 heterocycles. The van der Waals surface area contributed by atoms with E-state index in [1.807, 2.05) is 35.9 Å². The predicted octanol–water partition coefficient (Wildman–Crippen LogP) is 2.22. The Morgan fingerprint density at radius 1 is 1.20 bits per heavy atom. The Balaban J connectivity index is 1.97. The van der Waals surface area contributed by atoms with Crippen molar-refractivity contribution in [3.63, 3.8) is 0 Å². The van der Waals surface area contributed by atoms with Gasteiger partial charge in [-0.3, -0.25) is 14.2 Å². The molecule has 0 unspecified atom stereocenters. The Bertz CT molecular complexity index is 769. The van der Waals surface area contributed by atoms with Crippen molar-refractivity contribution >= 4 is 16.7 Å². The van der Waals surface area contributed by atoms with Gasteiger partial charge in [-0.1, -0.05) is 18.2 Å². The fourth-order valence-corrected chi connectivity index (χ4v) is 2.37. The average molecular weight is 268 g/mol. The lowest BCUT2D eigenvalue weighted by molar-refractivity contribution is 0.0986. The number of carbonyl (C=O) groups excluding carboxylic acids is 1. The van der Waals surface area contributed by atoms with Crippen LogP contribution in [-0.2, 0) is 20.0 Å². The first-order valence-electron chi connectivity index (χ1n) is 6.66. The van der Waals surface area contributed by atoms with Crippen molar-refractivity contribution in [1.82, 2.24) is 19.6 Å². The van der Waals surface area contributed by atoms with Crippen LogP contribution in [0.4, 0.5) is 0 Å². The smallest absolute Gasteiger partial charge is 0.189 e. The van der Waals surface area contributed by atoms with Crippen LogP contribution in [0.3, 0.4) is 0 Å². The van der Waals surface area contributed by atoms with E-state index in [9.17, 15) is 4.79 Å². The Morgan fingerprint density at radius 2 is 2.00 bits per heavy atom. The molecule has 0 saturated heterocycles. The van der Waals surface area contributed by atoms with Gasteiger partial charge < -0.3 is 0 Å². The third-order valence-corrected chi connectivity index (χ3v) is 3.36. The van der Waals surface area contributed by atoms with Crippen LogP contribution < -0.4 is 0 Å². The highest BCUT2D eigenvalue weighted by atomic mass is 16.1. The van der Waals surface area contributed by atoms with E-state index in [4.69, 9.17) is 0 Å². The first-order chi connectivity index (χ1) is 9.69. The molecule has 0 radical (unpaired) electrons. The summed E-state index contributed by atoms with van der Waals surface area (Å²) in [5, 5.41) is 9.73. The highest BCUT2D eigenvalue weighted by molar-refractivity contribution is 5.97. The molecule has 0 aliphatic carbocycles. The number of rotatable bonds is 4. The summed E-state index contributed by atoms with van der Waals surface area (Å²) in [5.41, 5.74) is 2.37. The van der Waals surface area contributed by atoms with E-state index >= 15 is 0 Å². The van der Waals surface area contributed by atoms with Crippen LogP contribution >= 0.6 is 0 Å². The molecule has 0 atom stereocenters. The van der Waals surface area contributed by atoms with Gasteiger partial charge in [-0.25, -0.2) is 0 Å². The van der Waals surface area contributed by atoms with Gasteiger partial charge in [-0.2, -0.15) is 10.2 Å². The quantitative estimate of drug-likeness (QED) is 0.682. The second kappa shape index (κ2) is 4.92. The zero-order chi connectivity index (χ0) is 14.1. The molecule has 0 spiro atoms. The van der Waals surface area contributed by atoms with Gasteiger partial charge in [0, 0.05) is 25.2 Å². The molecule has 3 aromatic rings. The molecule has 0 saturated carbocycles. The van der Waals surface area contributed by atoms with E-state index in [0.717, 1.165) is 23.1 Å². The van der Waals surface area contributed by atoms with E-state index in [0.29, 0.717) is 5.69 Å². The van der Waals surface area contributed by atoms with E-state index in [2.05, 4.69) is 10.2 Å². The van der Waals surface area contributed by atoms with E-state index < -0.39 is 0 Å². The molecule has 0 aliphatic rings. The lowest BCUT2D eigenvalue weighted by Gasteiger charge is -1.95. The number of carbonyl (C=O) groups is 1. The minimum absolute atomic E-state index is 0.00268. The normalized spacial score (nSPS) is 11.1. The van der Waals surface area contributed by atoms with Gasteiger partial charge in [-0.05, 0) is 19.1 Å². The SMILES string of the molecule is CCn1nc(CC(=O)c2ccn(C)n2)c2ccccc21. The van der Waals surface area contributed by atoms with Crippen molar-refractivity contribution in [2.24, 2.45) is 7.05 Å². The molecule has 3 rings (SSSR count). The average Bonchev–Trinajstić information content (AvgIpc) is 3.03. The standard InChI is InChI=1S/C15H16N4O/c1-3-19-14-7-5-4-6-11(14)13(17-19)10-15(20)12-8-9-18(2)16-12/h4-9H,3,10H2,1-2H3. The zero-order valence-corrected chi connectivity index (χ0v) is 11.6. The van der Waals surface area contributed by atoms with Crippen molar-refractivity contribution in [2.45, 2.75) is 19.9 Å². The Morgan fingerprint density at radius 3 is 2.70 bits per heavy atom. The number of aromatic nitrogens is 4. The molecule has 0 aliphatic heterocycles. The number of benzene rings is 1. The molecule has 1 aromatic carbocycles. The summed E-state index contributed by atoms with van der Waals surface area (Å²) in [5.74, 6) is -0.00268. The van der Waals surface area contributed by atoms with Gasteiger partial charge >= 0.3 is 0 Å². The number of aryl methyl sites for hydroxylation is 2. The fourth-order valence-electron chi connectivity index (χ4n) is 2.37. The minimum atomic E-state index is -0.00268. The molecular formula is C15H16N4O. The summed E-state index contributed by atoms with van der Waals surface area (Å²) >= 11 is 0. The van der Waals surface area contributed by atoms with Gasteiger partial charge in [0.25, 0.3) is 0 Å². The number of hydrogen-bond donors (Lipinski definition) is 0. The topological polar surface area (TPSA) is 52.7 Å². The van der Waals surface area contributed by atoms with Gasteiger partial charge in [0.05, 0.1) is 17.6 Å². The minimum Gasteiger partial charge on any atom is -0.292 e. The maximum absolute atomic E-state index is 12.2. The maximum Gasteiger partial charge on any atom is 0.189 e.